The summed E-state index contributed by atoms with van der Waals surface area (Å²) < 4.78 is 0. The van der Waals surface area contributed by atoms with Gasteiger partial charge < -0.3 is 4.90 Å². The lowest BCUT2D eigenvalue weighted by Gasteiger charge is -2.31. The second kappa shape index (κ2) is 14.7. The molecule has 0 bridgehead atoms. The highest BCUT2D eigenvalue weighted by Crippen LogP contribution is 2.52. The zero-order valence-corrected chi connectivity index (χ0v) is 32.8. The van der Waals surface area contributed by atoms with Crippen LogP contribution in [-0.2, 0) is 5.41 Å². The number of nitrogens with zero attached hydrogens (tertiary/aromatic N) is 1. The highest BCUT2D eigenvalue weighted by atomic mass is 15.1. The molecule has 0 radical (unpaired) electrons. The zero-order chi connectivity index (χ0) is 39.1. The number of benzene rings is 9. The molecule has 0 N–H and O–H groups in total. The molecule has 0 heterocycles. The Balaban J connectivity index is 1.20. The number of anilines is 3. The van der Waals surface area contributed by atoms with Gasteiger partial charge in [-0.15, -0.1) is 0 Å². The van der Waals surface area contributed by atoms with E-state index >= 15 is 0 Å². The molecular weight excluding hydrogens is 699 g/mol. The smallest absolute Gasteiger partial charge is 0.0546 e. The molecule has 58 heavy (non-hydrogen) atoms. The van der Waals surface area contributed by atoms with Crippen molar-refractivity contribution < 1.29 is 0 Å². The summed E-state index contributed by atoms with van der Waals surface area (Å²) in [6.45, 7) is 4.72. The van der Waals surface area contributed by atoms with Crippen LogP contribution in [0.15, 0.2) is 224 Å². The predicted octanol–water partition coefficient (Wildman–Crippen LogP) is 15.8. The van der Waals surface area contributed by atoms with Gasteiger partial charge in [-0.05, 0) is 109 Å². The highest BCUT2D eigenvalue weighted by molar-refractivity contribution is 5.98. The summed E-state index contributed by atoms with van der Waals surface area (Å²) in [4.78, 5) is 2.47. The molecule has 0 aromatic heterocycles. The van der Waals surface area contributed by atoms with Gasteiger partial charge in [0.1, 0.15) is 0 Å². The normalized spacial score (nSPS) is 12.4. The van der Waals surface area contributed by atoms with Crippen molar-refractivity contribution in [3.8, 4) is 66.8 Å². The number of hydrogen-bond donors (Lipinski definition) is 0. The van der Waals surface area contributed by atoms with E-state index in [4.69, 9.17) is 0 Å². The Labute approximate surface area is 342 Å². The fraction of sp³-hybridized carbons (Fsp3) is 0.0526. The minimum Gasteiger partial charge on any atom is -0.310 e. The summed E-state index contributed by atoms with van der Waals surface area (Å²) in [6.07, 6.45) is 0. The van der Waals surface area contributed by atoms with Crippen molar-refractivity contribution >= 4 is 17.1 Å². The Morgan fingerprint density at radius 2 is 0.741 bits per heavy atom. The molecule has 0 aliphatic heterocycles. The Morgan fingerprint density at radius 1 is 0.293 bits per heavy atom. The predicted molar refractivity (Wildman–Crippen MR) is 246 cm³/mol. The van der Waals surface area contributed by atoms with Gasteiger partial charge in [0.25, 0.3) is 0 Å². The molecule has 0 atom stereocenters. The Hall–Kier alpha value is -7.22. The Kier molecular flexibility index (Phi) is 8.92. The number of fused-ring (bicyclic) bond motifs is 3. The first-order valence-corrected chi connectivity index (χ1v) is 20.2. The third-order valence-electron chi connectivity index (χ3n) is 11.9. The summed E-state index contributed by atoms with van der Waals surface area (Å²) >= 11 is 0. The van der Waals surface area contributed by atoms with Gasteiger partial charge in [-0.1, -0.05) is 202 Å². The zero-order valence-electron chi connectivity index (χ0n) is 32.8. The van der Waals surface area contributed by atoms with E-state index in [9.17, 15) is 0 Å². The average molecular weight is 742 g/mol. The lowest BCUT2D eigenvalue weighted by Crippen LogP contribution is -2.17. The summed E-state index contributed by atoms with van der Waals surface area (Å²) in [5.41, 5.74) is 20.5. The van der Waals surface area contributed by atoms with Gasteiger partial charge in [-0.2, -0.15) is 0 Å². The summed E-state index contributed by atoms with van der Waals surface area (Å²) in [6, 6.07) is 81.9. The van der Waals surface area contributed by atoms with Crippen molar-refractivity contribution in [3.05, 3.63) is 236 Å². The number of rotatable bonds is 8. The van der Waals surface area contributed by atoms with Crippen LogP contribution in [0, 0.1) is 0 Å². The van der Waals surface area contributed by atoms with Gasteiger partial charge in [0.05, 0.1) is 5.69 Å². The van der Waals surface area contributed by atoms with Crippen molar-refractivity contribution in [1.29, 1.82) is 0 Å². The molecule has 1 aliphatic rings. The summed E-state index contributed by atoms with van der Waals surface area (Å²) in [7, 11) is 0. The van der Waals surface area contributed by atoms with Crippen LogP contribution >= 0.6 is 0 Å². The molecule has 10 rings (SSSR count). The van der Waals surface area contributed by atoms with Gasteiger partial charge in [-0.25, -0.2) is 0 Å². The fourth-order valence-corrected chi connectivity index (χ4v) is 8.92. The van der Waals surface area contributed by atoms with Crippen LogP contribution in [0.3, 0.4) is 0 Å². The first-order valence-electron chi connectivity index (χ1n) is 20.2. The molecule has 276 valence electrons. The van der Waals surface area contributed by atoms with Crippen molar-refractivity contribution in [3.63, 3.8) is 0 Å². The lowest BCUT2D eigenvalue weighted by atomic mass is 9.82. The highest BCUT2D eigenvalue weighted by Gasteiger charge is 2.36. The van der Waals surface area contributed by atoms with Gasteiger partial charge in [-0.3, -0.25) is 0 Å². The van der Waals surface area contributed by atoms with E-state index < -0.39 is 0 Å². The maximum atomic E-state index is 2.47. The van der Waals surface area contributed by atoms with Crippen molar-refractivity contribution in [1.82, 2.24) is 0 Å². The molecule has 0 spiro atoms. The third kappa shape index (κ3) is 6.32. The van der Waals surface area contributed by atoms with Crippen LogP contribution in [0.1, 0.15) is 25.0 Å². The van der Waals surface area contributed by atoms with Gasteiger partial charge in [0, 0.05) is 22.4 Å². The summed E-state index contributed by atoms with van der Waals surface area (Å²) in [5.74, 6) is 0. The monoisotopic (exact) mass is 741 g/mol. The van der Waals surface area contributed by atoms with Crippen LogP contribution < -0.4 is 4.90 Å². The fourth-order valence-electron chi connectivity index (χ4n) is 8.92. The quantitative estimate of drug-likeness (QED) is 0.150. The van der Waals surface area contributed by atoms with E-state index in [-0.39, 0.29) is 5.41 Å². The lowest BCUT2D eigenvalue weighted by molar-refractivity contribution is 0.660. The van der Waals surface area contributed by atoms with Crippen molar-refractivity contribution in [2.24, 2.45) is 0 Å². The van der Waals surface area contributed by atoms with Crippen LogP contribution in [0.2, 0.25) is 0 Å². The minimum absolute atomic E-state index is 0.139. The molecule has 0 amide bonds. The first kappa shape index (κ1) is 35.2. The molecule has 0 fully saturated rings. The molecule has 1 nitrogen and oxygen atoms in total. The first-order chi connectivity index (χ1) is 28.5. The second-order valence-corrected chi connectivity index (χ2v) is 15.7. The van der Waals surface area contributed by atoms with E-state index in [1.165, 1.54) is 77.9 Å². The van der Waals surface area contributed by atoms with E-state index in [2.05, 4.69) is 243 Å². The van der Waals surface area contributed by atoms with E-state index in [1.807, 2.05) is 0 Å². The molecule has 9 aromatic carbocycles. The molecular formula is C57H43N. The van der Waals surface area contributed by atoms with Gasteiger partial charge in [0.15, 0.2) is 0 Å². The Morgan fingerprint density at radius 3 is 1.40 bits per heavy atom. The maximum absolute atomic E-state index is 2.47. The van der Waals surface area contributed by atoms with Crippen molar-refractivity contribution in [2.45, 2.75) is 19.3 Å². The van der Waals surface area contributed by atoms with E-state index in [1.54, 1.807) is 0 Å². The molecule has 9 aromatic rings. The van der Waals surface area contributed by atoms with E-state index in [0.717, 1.165) is 17.1 Å². The van der Waals surface area contributed by atoms with Crippen LogP contribution in [-0.4, -0.2) is 0 Å². The molecule has 1 heteroatoms. The topological polar surface area (TPSA) is 3.24 Å². The molecule has 1 aliphatic carbocycles. The van der Waals surface area contributed by atoms with Crippen LogP contribution in [0.5, 0.6) is 0 Å². The minimum atomic E-state index is -0.139. The SMILES string of the molecule is CC1(C)c2ccccc2-c2ccc(N(c3ccc(-c4ccccc4)cc3)c3cccc(-c4ccc(-c5ccccc5)cc4)c3-c3cccc(-c4ccccc4)c3)cc21. The third-order valence-corrected chi connectivity index (χ3v) is 11.9. The summed E-state index contributed by atoms with van der Waals surface area (Å²) in [5, 5.41) is 0. The number of hydrogen-bond acceptors (Lipinski definition) is 1. The van der Waals surface area contributed by atoms with Gasteiger partial charge >= 0.3 is 0 Å². The maximum Gasteiger partial charge on any atom is 0.0546 e. The largest absolute Gasteiger partial charge is 0.310 e. The standard InChI is InChI=1S/C57H43N/c1-57(2)53-26-13-12-24-51(53)52-37-36-49(39-54(52)57)58(48-34-32-44(33-35-48)41-18-8-4-9-19-41)55-27-15-25-50(45-30-28-43(29-31-45)40-16-6-3-7-17-40)56(55)47-23-14-22-46(38-47)42-20-10-5-11-21-42/h3-39H,1-2H3. The van der Waals surface area contributed by atoms with Crippen LogP contribution in [0.25, 0.3) is 66.8 Å². The second-order valence-electron chi connectivity index (χ2n) is 15.7. The van der Waals surface area contributed by atoms with E-state index in [0.29, 0.717) is 0 Å². The Bertz CT molecular complexity index is 2870. The molecule has 0 saturated carbocycles. The van der Waals surface area contributed by atoms with Crippen LogP contribution in [0.4, 0.5) is 17.1 Å². The molecule has 0 saturated heterocycles. The molecule has 0 unspecified atom stereocenters. The average Bonchev–Trinajstić information content (AvgIpc) is 3.53. The van der Waals surface area contributed by atoms with Crippen molar-refractivity contribution in [2.75, 3.05) is 4.90 Å². The van der Waals surface area contributed by atoms with Gasteiger partial charge in [0.2, 0.25) is 0 Å².